The van der Waals surface area contributed by atoms with E-state index in [1.807, 2.05) is 12.1 Å². The monoisotopic (exact) mass is 385 g/mol. The van der Waals surface area contributed by atoms with Crippen LogP contribution in [0.15, 0.2) is 42.6 Å². The fourth-order valence-corrected chi connectivity index (χ4v) is 3.55. The van der Waals surface area contributed by atoms with Gasteiger partial charge in [-0.25, -0.2) is 0 Å². The third-order valence-electron chi connectivity index (χ3n) is 4.62. The molecule has 2 aromatic heterocycles. The molecule has 27 heavy (non-hydrogen) atoms. The molecule has 0 amide bonds. The standard InChI is InChI=1S/C18H15N3O5S/c22-27(23,24)21-9-13(12-6-7-16-17(8-12)26-10-25-16)18(20-21)15-3-1-2-14(19-15)11-4-5-11/h1-3,6-9,11H,4-5,10H2,(H,22,23,24). The van der Waals surface area contributed by atoms with Gasteiger partial charge in [-0.1, -0.05) is 12.1 Å². The summed E-state index contributed by atoms with van der Waals surface area (Å²) in [6.07, 6.45) is 3.48. The van der Waals surface area contributed by atoms with Gasteiger partial charge in [-0.3, -0.25) is 9.54 Å². The molecule has 1 aromatic carbocycles. The number of fused-ring (bicyclic) bond motifs is 1. The molecule has 0 bridgehead atoms. The average molecular weight is 385 g/mol. The van der Waals surface area contributed by atoms with Gasteiger partial charge >= 0.3 is 10.3 Å². The van der Waals surface area contributed by atoms with Crippen LogP contribution in [-0.2, 0) is 10.3 Å². The van der Waals surface area contributed by atoms with E-state index in [1.165, 1.54) is 6.20 Å². The van der Waals surface area contributed by atoms with Crippen molar-refractivity contribution in [2.45, 2.75) is 18.8 Å². The van der Waals surface area contributed by atoms with Crippen LogP contribution >= 0.6 is 0 Å². The molecule has 138 valence electrons. The lowest BCUT2D eigenvalue weighted by Crippen LogP contribution is -2.11. The van der Waals surface area contributed by atoms with Crippen LogP contribution in [-0.4, -0.2) is 33.9 Å². The van der Waals surface area contributed by atoms with Gasteiger partial charge in [-0.15, -0.1) is 4.09 Å². The van der Waals surface area contributed by atoms with Crippen LogP contribution in [0.25, 0.3) is 22.5 Å². The summed E-state index contributed by atoms with van der Waals surface area (Å²) in [7, 11) is -4.52. The third-order valence-corrected chi connectivity index (χ3v) is 5.28. The average Bonchev–Trinajstić information content (AvgIpc) is 3.22. The van der Waals surface area contributed by atoms with Gasteiger partial charge in [0.1, 0.15) is 5.69 Å². The molecule has 1 saturated carbocycles. The van der Waals surface area contributed by atoms with E-state index in [0.717, 1.165) is 18.5 Å². The smallest absolute Gasteiger partial charge is 0.379 e. The number of aromatic nitrogens is 3. The molecule has 0 radical (unpaired) electrons. The van der Waals surface area contributed by atoms with Crippen LogP contribution < -0.4 is 9.47 Å². The van der Waals surface area contributed by atoms with Crippen molar-refractivity contribution in [2.75, 3.05) is 6.79 Å². The molecule has 1 aliphatic carbocycles. The maximum Gasteiger partial charge on any atom is 0.379 e. The molecule has 1 fully saturated rings. The largest absolute Gasteiger partial charge is 0.454 e. The van der Waals surface area contributed by atoms with Crippen molar-refractivity contribution in [3.05, 3.63) is 48.3 Å². The fourth-order valence-electron chi connectivity index (χ4n) is 3.13. The lowest BCUT2D eigenvalue weighted by atomic mass is 10.0. The van der Waals surface area contributed by atoms with Crippen LogP contribution in [0.1, 0.15) is 24.5 Å². The zero-order valence-corrected chi connectivity index (χ0v) is 14.9. The molecule has 0 spiro atoms. The first-order valence-corrected chi connectivity index (χ1v) is 9.84. The Morgan fingerprint density at radius 2 is 1.93 bits per heavy atom. The highest BCUT2D eigenvalue weighted by molar-refractivity contribution is 7.84. The minimum atomic E-state index is -4.52. The SMILES string of the molecule is O=S(=O)(O)n1cc(-c2ccc3c(c2)OCO3)c(-c2cccc(C3CC3)n2)n1. The van der Waals surface area contributed by atoms with Gasteiger partial charge in [0, 0.05) is 17.2 Å². The van der Waals surface area contributed by atoms with Crippen LogP contribution in [0.5, 0.6) is 11.5 Å². The molecule has 5 rings (SSSR count). The molecule has 9 heteroatoms. The van der Waals surface area contributed by atoms with Gasteiger partial charge in [0.15, 0.2) is 11.5 Å². The lowest BCUT2D eigenvalue weighted by Gasteiger charge is -2.05. The molecule has 1 N–H and O–H groups in total. The lowest BCUT2D eigenvalue weighted by molar-refractivity contribution is 0.174. The predicted octanol–water partition coefficient (Wildman–Crippen LogP) is 2.87. The molecule has 0 unspecified atom stereocenters. The second kappa shape index (κ2) is 5.80. The Bertz CT molecular complexity index is 1150. The molecule has 3 heterocycles. The van der Waals surface area contributed by atoms with E-state index in [0.29, 0.717) is 44.0 Å². The number of hydrogen-bond donors (Lipinski definition) is 1. The first-order valence-electron chi connectivity index (χ1n) is 8.44. The second-order valence-electron chi connectivity index (χ2n) is 6.53. The highest BCUT2D eigenvalue weighted by Gasteiger charge is 2.26. The summed E-state index contributed by atoms with van der Waals surface area (Å²) in [6.45, 7) is 0.140. The molecular formula is C18H15N3O5S. The summed E-state index contributed by atoms with van der Waals surface area (Å²) in [5, 5.41) is 4.09. The number of benzene rings is 1. The van der Waals surface area contributed by atoms with E-state index in [9.17, 15) is 13.0 Å². The minimum absolute atomic E-state index is 0.140. The maximum atomic E-state index is 11.6. The zero-order chi connectivity index (χ0) is 18.6. The normalized spacial score (nSPS) is 15.9. The van der Waals surface area contributed by atoms with Crippen LogP contribution in [0.2, 0.25) is 0 Å². The van der Waals surface area contributed by atoms with Gasteiger partial charge in [-0.2, -0.15) is 13.5 Å². The molecule has 0 saturated heterocycles. The van der Waals surface area contributed by atoms with E-state index in [2.05, 4.69) is 10.1 Å². The summed E-state index contributed by atoms with van der Waals surface area (Å²) in [5.41, 5.74) is 3.09. The van der Waals surface area contributed by atoms with Gasteiger partial charge in [0.05, 0.1) is 11.9 Å². The second-order valence-corrected chi connectivity index (χ2v) is 7.80. The number of nitrogens with zero attached hydrogens (tertiary/aromatic N) is 3. The number of ether oxygens (including phenoxy) is 2. The van der Waals surface area contributed by atoms with Crippen LogP contribution in [0, 0.1) is 0 Å². The molecule has 2 aliphatic rings. The molecule has 1 aliphatic heterocycles. The van der Waals surface area contributed by atoms with Crippen molar-refractivity contribution in [2.24, 2.45) is 0 Å². The molecular weight excluding hydrogens is 370 g/mol. The predicted molar refractivity (Wildman–Crippen MR) is 95.9 cm³/mol. The Balaban J connectivity index is 1.68. The summed E-state index contributed by atoms with van der Waals surface area (Å²) in [4.78, 5) is 4.65. The molecule has 0 atom stereocenters. The summed E-state index contributed by atoms with van der Waals surface area (Å²) < 4.78 is 44.0. The third kappa shape index (κ3) is 2.94. The zero-order valence-electron chi connectivity index (χ0n) is 14.1. The van der Waals surface area contributed by atoms with Crippen LogP contribution in [0.3, 0.4) is 0 Å². The first kappa shape index (κ1) is 16.3. The summed E-state index contributed by atoms with van der Waals surface area (Å²) in [5.74, 6) is 1.64. The van der Waals surface area contributed by atoms with Crippen molar-refractivity contribution >= 4 is 10.3 Å². The van der Waals surface area contributed by atoms with Gasteiger partial charge in [0.25, 0.3) is 0 Å². The van der Waals surface area contributed by atoms with Crippen molar-refractivity contribution < 1.29 is 22.4 Å². The molecule has 3 aromatic rings. The van der Waals surface area contributed by atoms with Crippen molar-refractivity contribution in [3.8, 4) is 34.0 Å². The van der Waals surface area contributed by atoms with Gasteiger partial charge < -0.3 is 9.47 Å². The highest BCUT2D eigenvalue weighted by atomic mass is 32.2. The van der Waals surface area contributed by atoms with E-state index in [-0.39, 0.29) is 6.79 Å². The van der Waals surface area contributed by atoms with Crippen molar-refractivity contribution in [3.63, 3.8) is 0 Å². The van der Waals surface area contributed by atoms with E-state index >= 15 is 0 Å². The van der Waals surface area contributed by atoms with E-state index in [4.69, 9.17) is 9.47 Å². The van der Waals surface area contributed by atoms with Crippen molar-refractivity contribution in [1.82, 2.24) is 14.2 Å². The Kier molecular flexibility index (Phi) is 3.49. The van der Waals surface area contributed by atoms with Gasteiger partial charge in [-0.05, 0) is 42.7 Å². The Morgan fingerprint density at radius 3 is 2.70 bits per heavy atom. The van der Waals surface area contributed by atoms with Gasteiger partial charge in [0.2, 0.25) is 6.79 Å². The van der Waals surface area contributed by atoms with Crippen molar-refractivity contribution in [1.29, 1.82) is 0 Å². The highest BCUT2D eigenvalue weighted by Crippen LogP contribution is 2.41. The topological polar surface area (TPSA) is 104 Å². The number of hydrogen-bond acceptors (Lipinski definition) is 6. The van der Waals surface area contributed by atoms with E-state index < -0.39 is 10.3 Å². The number of rotatable bonds is 4. The van der Waals surface area contributed by atoms with Crippen LogP contribution in [0.4, 0.5) is 0 Å². The first-order chi connectivity index (χ1) is 13.0. The fraction of sp³-hybridized carbons (Fsp3) is 0.222. The molecule has 8 nitrogen and oxygen atoms in total. The quantitative estimate of drug-likeness (QED) is 0.689. The number of pyridine rings is 1. The Morgan fingerprint density at radius 1 is 1.11 bits per heavy atom. The summed E-state index contributed by atoms with van der Waals surface area (Å²) in [6, 6.07) is 10.9. The summed E-state index contributed by atoms with van der Waals surface area (Å²) >= 11 is 0. The minimum Gasteiger partial charge on any atom is -0.454 e. The Labute approximate surface area is 155 Å². The van der Waals surface area contributed by atoms with E-state index in [1.54, 1.807) is 24.3 Å². The Hall–Kier alpha value is -2.91. The maximum absolute atomic E-state index is 11.6.